The van der Waals surface area contributed by atoms with Crippen molar-refractivity contribution in [3.05, 3.63) is 21.3 Å². The first kappa shape index (κ1) is 14.3. The monoisotopic (exact) mass is 286 g/mol. The Morgan fingerprint density at radius 3 is 2.72 bits per heavy atom. The highest BCUT2D eigenvalue weighted by Gasteiger charge is 2.26. The summed E-state index contributed by atoms with van der Waals surface area (Å²) in [5.41, 5.74) is 0.318. The van der Waals surface area contributed by atoms with Gasteiger partial charge in [-0.1, -0.05) is 25.4 Å². The van der Waals surface area contributed by atoms with Crippen molar-refractivity contribution in [2.24, 2.45) is 5.41 Å². The van der Waals surface area contributed by atoms with Gasteiger partial charge in [-0.05, 0) is 37.4 Å². The molecule has 4 heteroatoms. The molecule has 18 heavy (non-hydrogen) atoms. The molecule has 102 valence electrons. The second kappa shape index (κ2) is 5.91. The molecule has 1 aliphatic carbocycles. The molecule has 0 aromatic carbocycles. The van der Waals surface area contributed by atoms with Crippen LogP contribution >= 0.6 is 22.9 Å². The predicted molar refractivity (Wildman–Crippen MR) is 80.5 cm³/mol. The van der Waals surface area contributed by atoms with Crippen LogP contribution in [0.4, 0.5) is 0 Å². The molecule has 1 aromatic heterocycles. The third-order valence-corrected chi connectivity index (χ3v) is 4.42. The standard InChI is InChI=1S/C14H23ClN2S/c1-14(2,9-16-11-4-5-11)10-17(3)8-12-6-7-13(15)18-12/h6-7,11,16H,4-5,8-10H2,1-3H3. The second-order valence-electron chi connectivity index (χ2n) is 6.20. The summed E-state index contributed by atoms with van der Waals surface area (Å²) in [5.74, 6) is 0. The molecule has 0 amide bonds. The molecule has 0 atom stereocenters. The number of hydrogen-bond acceptors (Lipinski definition) is 3. The van der Waals surface area contributed by atoms with Gasteiger partial charge in [-0.15, -0.1) is 11.3 Å². The zero-order chi connectivity index (χ0) is 13.2. The number of rotatable bonds is 7. The van der Waals surface area contributed by atoms with Gasteiger partial charge in [0.25, 0.3) is 0 Å². The molecule has 1 N–H and O–H groups in total. The lowest BCUT2D eigenvalue weighted by atomic mass is 9.92. The van der Waals surface area contributed by atoms with Gasteiger partial charge in [-0.2, -0.15) is 0 Å². The molecule has 0 aliphatic heterocycles. The van der Waals surface area contributed by atoms with Crippen LogP contribution in [0.5, 0.6) is 0 Å². The molecule has 0 saturated heterocycles. The third-order valence-electron chi connectivity index (χ3n) is 3.20. The Labute approximate surface area is 119 Å². The maximum absolute atomic E-state index is 5.96. The second-order valence-corrected chi connectivity index (χ2v) is 8.00. The molecule has 1 saturated carbocycles. The normalized spacial score (nSPS) is 16.5. The van der Waals surface area contributed by atoms with E-state index in [0.717, 1.165) is 30.0 Å². The molecule has 0 radical (unpaired) electrons. The van der Waals surface area contributed by atoms with Crippen molar-refractivity contribution in [1.29, 1.82) is 0 Å². The van der Waals surface area contributed by atoms with Crippen LogP contribution in [0.15, 0.2) is 12.1 Å². The van der Waals surface area contributed by atoms with Crippen LogP contribution in [0.3, 0.4) is 0 Å². The fourth-order valence-corrected chi connectivity index (χ4v) is 3.42. The summed E-state index contributed by atoms with van der Waals surface area (Å²) in [6.45, 7) is 7.86. The zero-order valence-corrected chi connectivity index (χ0v) is 13.1. The van der Waals surface area contributed by atoms with Crippen LogP contribution in [0.25, 0.3) is 0 Å². The molecule has 0 unspecified atom stereocenters. The van der Waals surface area contributed by atoms with Gasteiger partial charge in [-0.25, -0.2) is 0 Å². The Kier molecular flexibility index (Phi) is 4.70. The minimum atomic E-state index is 0.318. The van der Waals surface area contributed by atoms with E-state index in [9.17, 15) is 0 Å². The SMILES string of the molecule is CN(Cc1ccc(Cl)s1)CC(C)(C)CNC1CC1. The largest absolute Gasteiger partial charge is 0.313 e. The number of halogens is 1. The summed E-state index contributed by atoms with van der Waals surface area (Å²) in [5, 5.41) is 3.63. The van der Waals surface area contributed by atoms with E-state index in [1.54, 1.807) is 11.3 Å². The number of nitrogens with one attached hydrogen (secondary N) is 1. The summed E-state index contributed by atoms with van der Waals surface area (Å²) in [7, 11) is 2.19. The van der Waals surface area contributed by atoms with Crippen LogP contribution in [-0.4, -0.2) is 31.1 Å². The average Bonchev–Trinajstić information content (AvgIpc) is 3.00. The van der Waals surface area contributed by atoms with Gasteiger partial charge < -0.3 is 10.2 Å². The van der Waals surface area contributed by atoms with E-state index >= 15 is 0 Å². The molecule has 0 spiro atoms. The van der Waals surface area contributed by atoms with Crippen molar-refractivity contribution in [3.8, 4) is 0 Å². The third kappa shape index (κ3) is 4.88. The van der Waals surface area contributed by atoms with Gasteiger partial charge >= 0.3 is 0 Å². The van der Waals surface area contributed by atoms with E-state index < -0.39 is 0 Å². The quantitative estimate of drug-likeness (QED) is 0.824. The van der Waals surface area contributed by atoms with Gasteiger partial charge in [0.05, 0.1) is 4.34 Å². The Bertz CT molecular complexity index is 385. The topological polar surface area (TPSA) is 15.3 Å². The Balaban J connectivity index is 1.75. The molecular formula is C14H23ClN2S. The summed E-state index contributed by atoms with van der Waals surface area (Å²) >= 11 is 7.64. The molecule has 1 heterocycles. The maximum atomic E-state index is 5.96. The molecule has 1 aromatic rings. The lowest BCUT2D eigenvalue weighted by molar-refractivity contribution is 0.199. The predicted octanol–water partition coefficient (Wildman–Crippen LogP) is 3.61. The summed E-state index contributed by atoms with van der Waals surface area (Å²) in [6.07, 6.45) is 2.72. The summed E-state index contributed by atoms with van der Waals surface area (Å²) in [4.78, 5) is 3.73. The minimum absolute atomic E-state index is 0.318. The summed E-state index contributed by atoms with van der Waals surface area (Å²) in [6, 6.07) is 4.90. The highest BCUT2D eigenvalue weighted by Crippen LogP contribution is 2.25. The van der Waals surface area contributed by atoms with Gasteiger partial charge in [0, 0.05) is 30.6 Å². The Hall–Kier alpha value is -0.0900. The fourth-order valence-electron chi connectivity index (χ4n) is 2.25. The smallest absolute Gasteiger partial charge is 0.0931 e. The van der Waals surface area contributed by atoms with E-state index in [4.69, 9.17) is 11.6 Å². The van der Waals surface area contributed by atoms with Crippen LogP contribution < -0.4 is 5.32 Å². The Morgan fingerprint density at radius 1 is 1.44 bits per heavy atom. The average molecular weight is 287 g/mol. The van der Waals surface area contributed by atoms with Crippen LogP contribution in [-0.2, 0) is 6.54 Å². The fraction of sp³-hybridized carbons (Fsp3) is 0.714. The van der Waals surface area contributed by atoms with Gasteiger partial charge in [0.1, 0.15) is 0 Å². The van der Waals surface area contributed by atoms with Crippen molar-refractivity contribution in [1.82, 2.24) is 10.2 Å². The maximum Gasteiger partial charge on any atom is 0.0931 e. The molecular weight excluding hydrogens is 264 g/mol. The first-order chi connectivity index (χ1) is 8.44. The van der Waals surface area contributed by atoms with Crippen molar-refractivity contribution < 1.29 is 0 Å². The molecule has 1 aliphatic rings. The lowest BCUT2D eigenvalue weighted by Gasteiger charge is -2.30. The van der Waals surface area contributed by atoms with E-state index in [1.807, 2.05) is 6.07 Å². The highest BCUT2D eigenvalue weighted by molar-refractivity contribution is 7.16. The van der Waals surface area contributed by atoms with Crippen molar-refractivity contribution in [3.63, 3.8) is 0 Å². The minimum Gasteiger partial charge on any atom is -0.313 e. The van der Waals surface area contributed by atoms with Crippen LogP contribution in [0, 0.1) is 5.41 Å². The summed E-state index contributed by atoms with van der Waals surface area (Å²) < 4.78 is 0.882. The zero-order valence-electron chi connectivity index (χ0n) is 11.5. The van der Waals surface area contributed by atoms with Crippen molar-refractivity contribution >= 4 is 22.9 Å². The molecule has 1 fully saturated rings. The van der Waals surface area contributed by atoms with Gasteiger partial charge in [0.2, 0.25) is 0 Å². The molecule has 2 rings (SSSR count). The molecule has 0 bridgehead atoms. The lowest BCUT2D eigenvalue weighted by Crippen LogP contribution is -2.39. The van der Waals surface area contributed by atoms with Gasteiger partial charge in [0.15, 0.2) is 0 Å². The number of hydrogen-bond donors (Lipinski definition) is 1. The molecule has 2 nitrogen and oxygen atoms in total. The highest BCUT2D eigenvalue weighted by atomic mass is 35.5. The van der Waals surface area contributed by atoms with Crippen molar-refractivity contribution in [2.75, 3.05) is 20.1 Å². The van der Waals surface area contributed by atoms with Gasteiger partial charge in [-0.3, -0.25) is 0 Å². The first-order valence-corrected chi connectivity index (χ1v) is 7.80. The number of nitrogens with zero attached hydrogens (tertiary/aromatic N) is 1. The van der Waals surface area contributed by atoms with Crippen LogP contribution in [0.1, 0.15) is 31.6 Å². The van der Waals surface area contributed by atoms with Crippen LogP contribution in [0.2, 0.25) is 4.34 Å². The Morgan fingerprint density at radius 2 is 2.17 bits per heavy atom. The van der Waals surface area contributed by atoms with E-state index in [1.165, 1.54) is 17.7 Å². The van der Waals surface area contributed by atoms with E-state index in [0.29, 0.717) is 5.41 Å². The number of thiophene rings is 1. The van der Waals surface area contributed by atoms with E-state index in [2.05, 4.69) is 37.2 Å². The van der Waals surface area contributed by atoms with Crippen molar-refractivity contribution in [2.45, 2.75) is 39.3 Å². The first-order valence-electron chi connectivity index (χ1n) is 6.61. The van der Waals surface area contributed by atoms with E-state index in [-0.39, 0.29) is 0 Å².